The first kappa shape index (κ1) is 23.0. The molecule has 0 spiro atoms. The molecule has 1 heterocycles. The Bertz CT molecular complexity index is 1150. The molecule has 0 aromatic heterocycles. The summed E-state index contributed by atoms with van der Waals surface area (Å²) in [6.45, 7) is 0.642. The highest BCUT2D eigenvalue weighted by atomic mass is 35.5. The van der Waals surface area contributed by atoms with Crippen LogP contribution in [0.5, 0.6) is 5.75 Å². The fraction of sp³-hybridized carbons (Fsp3) is 0.200. The van der Waals surface area contributed by atoms with Gasteiger partial charge in [-0.15, -0.1) is 0 Å². The highest BCUT2D eigenvalue weighted by Gasteiger charge is 2.27. The summed E-state index contributed by atoms with van der Waals surface area (Å²) in [5.74, 6) is 0.578. The van der Waals surface area contributed by atoms with Gasteiger partial charge in [-0.2, -0.15) is 0 Å². The molecular formula is C25H23Cl2N3O3. The second kappa shape index (κ2) is 10.6. The van der Waals surface area contributed by atoms with E-state index in [0.29, 0.717) is 41.0 Å². The number of hydrogen-bond acceptors (Lipinski definition) is 4. The molecule has 0 fully saturated rings. The molecule has 3 aromatic carbocycles. The van der Waals surface area contributed by atoms with Crippen molar-refractivity contribution in [2.24, 2.45) is 5.16 Å². The highest BCUT2D eigenvalue weighted by Crippen LogP contribution is 2.26. The number of carbonyl (C=O) groups is 1. The number of ether oxygens (including phenoxy) is 1. The average Bonchev–Trinajstić information content (AvgIpc) is 3.29. The Labute approximate surface area is 202 Å². The fourth-order valence-electron chi connectivity index (χ4n) is 3.58. The minimum absolute atomic E-state index is 0.289. The molecule has 1 N–H and O–H groups in total. The second-order valence-electron chi connectivity index (χ2n) is 7.58. The summed E-state index contributed by atoms with van der Waals surface area (Å²) in [5, 5.41) is 8.43. The number of halogens is 2. The second-order valence-corrected chi connectivity index (χ2v) is 8.42. The van der Waals surface area contributed by atoms with Crippen LogP contribution in [-0.2, 0) is 11.4 Å². The number of benzene rings is 3. The maximum atomic E-state index is 13.3. The monoisotopic (exact) mass is 483 g/mol. The summed E-state index contributed by atoms with van der Waals surface area (Å²) in [5.41, 5.74) is 3.18. The molecule has 33 heavy (non-hydrogen) atoms. The van der Waals surface area contributed by atoms with Crippen molar-refractivity contribution >= 4 is 40.6 Å². The van der Waals surface area contributed by atoms with Crippen LogP contribution in [-0.4, -0.2) is 36.4 Å². The van der Waals surface area contributed by atoms with Gasteiger partial charge < -0.3 is 19.8 Å². The van der Waals surface area contributed by atoms with Crippen molar-refractivity contribution in [3.63, 3.8) is 0 Å². The Balaban J connectivity index is 1.50. The molecule has 0 bridgehead atoms. The molecular weight excluding hydrogens is 461 g/mol. The topological polar surface area (TPSA) is 63.2 Å². The van der Waals surface area contributed by atoms with E-state index in [9.17, 15) is 4.79 Å². The Morgan fingerprint density at radius 2 is 1.82 bits per heavy atom. The molecule has 4 rings (SSSR count). The van der Waals surface area contributed by atoms with E-state index in [0.717, 1.165) is 16.8 Å². The lowest BCUT2D eigenvalue weighted by Gasteiger charge is -2.26. The van der Waals surface area contributed by atoms with Gasteiger partial charge in [0.25, 0.3) is 0 Å². The molecule has 2 amide bonds. The molecule has 1 atom stereocenters. The standard InChI is InChI=1S/C25H23Cl2N3O3/c1-32-24-9-5-4-8-22(24)28-25(31)30(15-18-6-2-3-7-21(18)27)16-20-14-23(29-33-20)17-10-12-19(26)13-11-17/h2-13,20H,14-16H2,1H3,(H,28,31)/t20-/m1/s1. The van der Waals surface area contributed by atoms with Crippen molar-refractivity contribution in [3.05, 3.63) is 94.0 Å². The van der Waals surface area contributed by atoms with Crippen molar-refractivity contribution in [3.8, 4) is 5.75 Å². The highest BCUT2D eigenvalue weighted by molar-refractivity contribution is 6.31. The third-order valence-electron chi connectivity index (χ3n) is 5.29. The summed E-state index contributed by atoms with van der Waals surface area (Å²) in [4.78, 5) is 20.6. The lowest BCUT2D eigenvalue weighted by Crippen LogP contribution is -2.40. The number of para-hydroxylation sites is 2. The zero-order valence-electron chi connectivity index (χ0n) is 18.0. The van der Waals surface area contributed by atoms with Crippen molar-refractivity contribution in [1.29, 1.82) is 0 Å². The average molecular weight is 484 g/mol. The van der Waals surface area contributed by atoms with Gasteiger partial charge in [-0.25, -0.2) is 4.79 Å². The summed E-state index contributed by atoms with van der Waals surface area (Å²) in [7, 11) is 1.56. The molecule has 1 aliphatic rings. The van der Waals surface area contributed by atoms with Crippen LogP contribution >= 0.6 is 23.2 Å². The van der Waals surface area contributed by atoms with Crippen LogP contribution in [0, 0.1) is 0 Å². The van der Waals surface area contributed by atoms with Gasteiger partial charge in [0.15, 0.2) is 6.10 Å². The summed E-state index contributed by atoms with van der Waals surface area (Å²) < 4.78 is 5.36. The quantitative estimate of drug-likeness (QED) is 0.433. The van der Waals surface area contributed by atoms with E-state index in [2.05, 4.69) is 10.5 Å². The minimum Gasteiger partial charge on any atom is -0.495 e. The van der Waals surface area contributed by atoms with Gasteiger partial charge in [0.05, 0.1) is 25.1 Å². The fourth-order valence-corrected chi connectivity index (χ4v) is 3.90. The number of rotatable bonds is 7. The summed E-state index contributed by atoms with van der Waals surface area (Å²) in [6, 6.07) is 21.9. The van der Waals surface area contributed by atoms with E-state index in [1.165, 1.54) is 0 Å². The maximum absolute atomic E-state index is 13.3. The van der Waals surface area contributed by atoms with Crippen LogP contribution in [0.1, 0.15) is 17.5 Å². The van der Waals surface area contributed by atoms with E-state index in [4.69, 9.17) is 32.8 Å². The zero-order chi connectivity index (χ0) is 23.2. The van der Waals surface area contributed by atoms with Crippen molar-refractivity contribution in [2.75, 3.05) is 19.0 Å². The molecule has 8 heteroatoms. The number of nitrogens with one attached hydrogen (secondary N) is 1. The van der Waals surface area contributed by atoms with Gasteiger partial charge in [-0.3, -0.25) is 0 Å². The smallest absolute Gasteiger partial charge is 0.322 e. The normalized spacial score (nSPS) is 14.9. The van der Waals surface area contributed by atoms with E-state index < -0.39 is 0 Å². The first-order valence-corrected chi connectivity index (χ1v) is 11.2. The molecule has 0 saturated carbocycles. The van der Waals surface area contributed by atoms with E-state index in [-0.39, 0.29) is 12.1 Å². The number of oxime groups is 1. The first-order valence-electron chi connectivity index (χ1n) is 10.4. The van der Waals surface area contributed by atoms with E-state index >= 15 is 0 Å². The molecule has 6 nitrogen and oxygen atoms in total. The number of anilines is 1. The van der Waals surface area contributed by atoms with Crippen molar-refractivity contribution in [1.82, 2.24) is 4.90 Å². The molecule has 0 saturated heterocycles. The van der Waals surface area contributed by atoms with E-state index in [1.54, 1.807) is 30.2 Å². The lowest BCUT2D eigenvalue weighted by molar-refractivity contribution is 0.0608. The third-order valence-corrected chi connectivity index (χ3v) is 5.91. The first-order chi connectivity index (χ1) is 16.0. The number of nitrogens with zero attached hydrogens (tertiary/aromatic N) is 2. The molecule has 0 unspecified atom stereocenters. The van der Waals surface area contributed by atoms with Gasteiger partial charge >= 0.3 is 6.03 Å². The summed E-state index contributed by atoms with van der Waals surface area (Å²) in [6.07, 6.45) is 0.282. The van der Waals surface area contributed by atoms with Gasteiger partial charge in [-0.05, 0) is 41.5 Å². The SMILES string of the molecule is COc1ccccc1NC(=O)N(Cc1ccccc1Cl)C[C@H]1CC(c2ccc(Cl)cc2)=NO1. The number of carbonyl (C=O) groups excluding carboxylic acids is 1. The lowest BCUT2D eigenvalue weighted by atomic mass is 10.0. The summed E-state index contributed by atoms with van der Waals surface area (Å²) >= 11 is 12.4. The number of hydrogen-bond donors (Lipinski definition) is 1. The minimum atomic E-state index is -0.290. The third kappa shape index (κ3) is 5.78. The molecule has 1 aliphatic heterocycles. The zero-order valence-corrected chi connectivity index (χ0v) is 19.5. The molecule has 0 aliphatic carbocycles. The number of amides is 2. The number of urea groups is 1. The van der Waals surface area contributed by atoms with Crippen LogP contribution in [0.25, 0.3) is 0 Å². The Hall–Kier alpha value is -3.22. The number of methoxy groups -OCH3 is 1. The van der Waals surface area contributed by atoms with Gasteiger partial charge in [0.2, 0.25) is 0 Å². The van der Waals surface area contributed by atoms with Crippen molar-refractivity contribution < 1.29 is 14.4 Å². The molecule has 170 valence electrons. The predicted molar refractivity (Wildman–Crippen MR) is 131 cm³/mol. The molecule has 3 aromatic rings. The van der Waals surface area contributed by atoms with Crippen molar-refractivity contribution in [2.45, 2.75) is 19.1 Å². The van der Waals surface area contributed by atoms with Crippen LogP contribution in [0.3, 0.4) is 0 Å². The van der Waals surface area contributed by atoms with Crippen LogP contribution in [0.2, 0.25) is 10.0 Å². The Morgan fingerprint density at radius 1 is 1.09 bits per heavy atom. The van der Waals surface area contributed by atoms with Gasteiger partial charge in [0.1, 0.15) is 5.75 Å². The predicted octanol–water partition coefficient (Wildman–Crippen LogP) is 6.23. The van der Waals surface area contributed by atoms with Crippen LogP contribution in [0.15, 0.2) is 78.0 Å². The molecule has 0 radical (unpaired) electrons. The largest absolute Gasteiger partial charge is 0.495 e. The Morgan fingerprint density at radius 3 is 2.58 bits per heavy atom. The van der Waals surface area contributed by atoms with Crippen LogP contribution < -0.4 is 10.1 Å². The van der Waals surface area contributed by atoms with Crippen LogP contribution in [0.4, 0.5) is 10.5 Å². The van der Waals surface area contributed by atoms with Gasteiger partial charge in [-0.1, -0.05) is 70.8 Å². The maximum Gasteiger partial charge on any atom is 0.322 e. The van der Waals surface area contributed by atoms with E-state index in [1.807, 2.05) is 54.6 Å². The van der Waals surface area contributed by atoms with Gasteiger partial charge in [0, 0.05) is 23.0 Å². The Kier molecular flexibility index (Phi) is 7.37.